The second kappa shape index (κ2) is 10.3. The van der Waals surface area contributed by atoms with E-state index in [2.05, 4.69) is 30.2 Å². The zero-order valence-electron chi connectivity index (χ0n) is 17.8. The second-order valence-electron chi connectivity index (χ2n) is 7.32. The Kier molecular flexibility index (Phi) is 7.02. The Bertz CT molecular complexity index is 943. The average Bonchev–Trinajstić information content (AvgIpc) is 2.85. The molecule has 4 heterocycles. The highest BCUT2D eigenvalue weighted by Crippen LogP contribution is 2.29. The van der Waals surface area contributed by atoms with E-state index in [1.54, 1.807) is 12.4 Å². The molecular weight excluding hydrogens is 416 g/mol. The van der Waals surface area contributed by atoms with Crippen molar-refractivity contribution in [3.8, 4) is 11.3 Å². The molecule has 3 N–H and O–H groups in total. The van der Waals surface area contributed by atoms with Crippen LogP contribution >= 0.6 is 0 Å². The maximum Gasteiger partial charge on any atom is 0.413 e. The largest absolute Gasteiger partial charge is 0.453 e. The summed E-state index contributed by atoms with van der Waals surface area (Å²) >= 11 is 0. The molecule has 4 rings (SSSR count). The summed E-state index contributed by atoms with van der Waals surface area (Å²) in [5, 5.41) is 13.9. The summed E-state index contributed by atoms with van der Waals surface area (Å²) in [6.45, 7) is 3.94. The Morgan fingerprint density at radius 1 is 1.16 bits per heavy atom. The number of aromatic nitrogens is 4. The molecule has 2 aliphatic heterocycles. The minimum absolute atomic E-state index is 0.111. The van der Waals surface area contributed by atoms with Gasteiger partial charge in [0, 0.05) is 56.5 Å². The predicted octanol–water partition coefficient (Wildman–Crippen LogP) is 1.54. The molecule has 12 nitrogen and oxygen atoms in total. The number of hydrogen-bond donors (Lipinski definition) is 3. The third kappa shape index (κ3) is 5.08. The van der Waals surface area contributed by atoms with E-state index in [-0.39, 0.29) is 12.0 Å². The predicted molar refractivity (Wildman–Crippen MR) is 117 cm³/mol. The van der Waals surface area contributed by atoms with E-state index in [1.165, 1.54) is 13.3 Å². The summed E-state index contributed by atoms with van der Waals surface area (Å²) in [5.41, 5.74) is 1.69. The van der Waals surface area contributed by atoms with Gasteiger partial charge >= 0.3 is 6.09 Å². The van der Waals surface area contributed by atoms with Crippen LogP contribution in [0, 0.1) is 5.41 Å². The van der Waals surface area contributed by atoms with Crippen molar-refractivity contribution in [3.05, 3.63) is 18.0 Å². The van der Waals surface area contributed by atoms with E-state index in [0.717, 1.165) is 12.8 Å². The molecule has 0 spiro atoms. The van der Waals surface area contributed by atoms with E-state index in [0.29, 0.717) is 68.1 Å². The minimum atomic E-state index is -0.655. The molecule has 2 fully saturated rings. The van der Waals surface area contributed by atoms with Gasteiger partial charge in [0.05, 0.1) is 31.6 Å². The molecule has 2 aromatic rings. The normalized spacial score (nSPS) is 17.0. The van der Waals surface area contributed by atoms with Gasteiger partial charge in [0.2, 0.25) is 11.9 Å². The van der Waals surface area contributed by atoms with E-state index < -0.39 is 6.09 Å². The number of carbonyl (C=O) groups excluding carboxylic acids is 1. The van der Waals surface area contributed by atoms with Gasteiger partial charge < -0.3 is 29.8 Å². The van der Waals surface area contributed by atoms with Crippen LogP contribution in [0.15, 0.2) is 12.4 Å². The van der Waals surface area contributed by atoms with Crippen molar-refractivity contribution in [2.45, 2.75) is 18.9 Å². The average molecular weight is 442 g/mol. The van der Waals surface area contributed by atoms with Gasteiger partial charge in [0.25, 0.3) is 0 Å². The Morgan fingerprint density at radius 2 is 1.84 bits per heavy atom. The topological polar surface area (TPSA) is 147 Å². The SMILES string of the molecule is COC(=O)Nc1ncc(-c2nc(N3CCOCC3)nc(NC3CCOCC3)c2C=N)cn1. The number of nitrogens with zero attached hydrogens (tertiary/aromatic N) is 5. The van der Waals surface area contributed by atoms with E-state index in [9.17, 15) is 4.79 Å². The van der Waals surface area contributed by atoms with Crippen molar-refractivity contribution in [2.24, 2.45) is 0 Å². The summed E-state index contributed by atoms with van der Waals surface area (Å²) in [6.07, 6.45) is 5.41. The van der Waals surface area contributed by atoms with Crippen molar-refractivity contribution in [3.63, 3.8) is 0 Å². The van der Waals surface area contributed by atoms with Gasteiger partial charge in [-0.25, -0.2) is 19.7 Å². The lowest BCUT2D eigenvalue weighted by atomic mass is 10.1. The number of anilines is 3. The number of ether oxygens (including phenoxy) is 3. The Morgan fingerprint density at radius 3 is 2.50 bits per heavy atom. The van der Waals surface area contributed by atoms with Crippen LogP contribution < -0.4 is 15.5 Å². The number of rotatable bonds is 6. The maximum atomic E-state index is 11.4. The number of hydrogen-bond acceptors (Lipinski definition) is 11. The Labute approximate surface area is 185 Å². The van der Waals surface area contributed by atoms with Gasteiger partial charge in [-0.2, -0.15) is 4.98 Å². The first-order valence-corrected chi connectivity index (χ1v) is 10.4. The summed E-state index contributed by atoms with van der Waals surface area (Å²) in [5.74, 6) is 1.26. The molecule has 2 saturated heterocycles. The highest BCUT2D eigenvalue weighted by atomic mass is 16.5. The monoisotopic (exact) mass is 442 g/mol. The van der Waals surface area contributed by atoms with Crippen molar-refractivity contribution >= 4 is 30.0 Å². The molecule has 1 amide bonds. The number of methoxy groups -OCH3 is 1. The summed E-state index contributed by atoms with van der Waals surface area (Å²) in [6, 6.07) is 0.200. The van der Waals surface area contributed by atoms with Crippen LogP contribution in [-0.2, 0) is 14.2 Å². The lowest BCUT2D eigenvalue weighted by Crippen LogP contribution is -2.38. The van der Waals surface area contributed by atoms with Gasteiger partial charge in [-0.1, -0.05) is 0 Å². The fourth-order valence-corrected chi connectivity index (χ4v) is 3.52. The Balaban J connectivity index is 1.70. The number of nitrogens with one attached hydrogen (secondary N) is 3. The molecule has 0 atom stereocenters. The lowest BCUT2D eigenvalue weighted by Gasteiger charge is -2.29. The van der Waals surface area contributed by atoms with Gasteiger partial charge in [0.1, 0.15) is 5.82 Å². The molecule has 12 heteroatoms. The quantitative estimate of drug-likeness (QED) is 0.563. The van der Waals surface area contributed by atoms with Crippen molar-refractivity contribution in [1.29, 1.82) is 5.41 Å². The standard InChI is InChI=1S/C20H26N8O4/c1-30-20(29)27-18-22-11-13(12-23-18)16-15(10-21)17(24-14-2-6-31-7-3-14)26-19(25-16)28-4-8-32-9-5-28/h10-12,14,21H,2-9H2,1H3,(H,24,25,26)(H,22,23,27,29). The van der Waals surface area contributed by atoms with Crippen molar-refractivity contribution < 1.29 is 19.0 Å². The molecule has 2 aromatic heterocycles. The van der Waals surface area contributed by atoms with E-state index in [4.69, 9.17) is 24.9 Å². The molecule has 2 aliphatic rings. The van der Waals surface area contributed by atoms with E-state index >= 15 is 0 Å². The highest BCUT2D eigenvalue weighted by molar-refractivity contribution is 5.93. The number of morpholine rings is 1. The molecular formula is C20H26N8O4. The smallest absolute Gasteiger partial charge is 0.413 e. The molecule has 0 radical (unpaired) electrons. The molecule has 170 valence electrons. The molecule has 0 bridgehead atoms. The van der Waals surface area contributed by atoms with Crippen LogP contribution in [0.25, 0.3) is 11.3 Å². The van der Waals surface area contributed by atoms with Crippen molar-refractivity contribution in [1.82, 2.24) is 19.9 Å². The molecule has 0 unspecified atom stereocenters. The van der Waals surface area contributed by atoms with E-state index in [1.807, 2.05) is 0 Å². The van der Waals surface area contributed by atoms with Gasteiger partial charge in [-0.05, 0) is 12.8 Å². The molecule has 32 heavy (non-hydrogen) atoms. The number of carbonyl (C=O) groups is 1. The van der Waals surface area contributed by atoms with Crippen molar-refractivity contribution in [2.75, 3.05) is 62.2 Å². The van der Waals surface area contributed by atoms with Gasteiger partial charge in [0.15, 0.2) is 0 Å². The minimum Gasteiger partial charge on any atom is -0.453 e. The summed E-state index contributed by atoms with van der Waals surface area (Å²) < 4.78 is 15.5. The maximum absolute atomic E-state index is 11.4. The molecule has 0 aliphatic carbocycles. The van der Waals surface area contributed by atoms with Crippen LogP contribution in [-0.4, -0.2) is 84.9 Å². The van der Waals surface area contributed by atoms with Gasteiger partial charge in [-0.15, -0.1) is 0 Å². The first kappa shape index (κ1) is 21.8. The van der Waals surface area contributed by atoms with Crippen LogP contribution in [0.1, 0.15) is 18.4 Å². The zero-order valence-corrected chi connectivity index (χ0v) is 17.8. The molecule has 0 aromatic carbocycles. The van der Waals surface area contributed by atoms with Crippen LogP contribution in [0.5, 0.6) is 0 Å². The first-order chi connectivity index (χ1) is 15.7. The third-order valence-electron chi connectivity index (χ3n) is 5.26. The van der Waals surface area contributed by atoms with Crippen LogP contribution in [0.4, 0.5) is 22.5 Å². The summed E-state index contributed by atoms with van der Waals surface area (Å²) in [4.78, 5) is 31.3. The molecule has 0 saturated carbocycles. The van der Waals surface area contributed by atoms with Gasteiger partial charge in [-0.3, -0.25) is 5.32 Å². The highest BCUT2D eigenvalue weighted by Gasteiger charge is 2.23. The third-order valence-corrected chi connectivity index (χ3v) is 5.26. The Hall–Kier alpha value is -3.38. The summed E-state index contributed by atoms with van der Waals surface area (Å²) in [7, 11) is 1.26. The van der Waals surface area contributed by atoms with Crippen LogP contribution in [0.3, 0.4) is 0 Å². The second-order valence-corrected chi connectivity index (χ2v) is 7.32. The van der Waals surface area contributed by atoms with Crippen LogP contribution in [0.2, 0.25) is 0 Å². The fourth-order valence-electron chi connectivity index (χ4n) is 3.52. The fraction of sp³-hybridized carbons (Fsp3) is 0.500. The zero-order chi connectivity index (χ0) is 22.3. The first-order valence-electron chi connectivity index (χ1n) is 10.4. The number of amides is 1. The lowest BCUT2D eigenvalue weighted by molar-refractivity contribution is 0.0904.